The normalized spacial score (nSPS) is 25.5. The van der Waals surface area contributed by atoms with Crippen molar-refractivity contribution >= 4 is 11.8 Å². The molecule has 0 N–H and O–H groups in total. The summed E-state index contributed by atoms with van der Waals surface area (Å²) in [7, 11) is 0. The summed E-state index contributed by atoms with van der Waals surface area (Å²) in [6.45, 7) is 8.41. The summed E-state index contributed by atoms with van der Waals surface area (Å²) in [5.74, 6) is 0.433. The van der Waals surface area contributed by atoms with Crippen molar-refractivity contribution in [2.45, 2.75) is 64.5 Å². The third-order valence-electron chi connectivity index (χ3n) is 7.62. The zero-order chi connectivity index (χ0) is 20.4. The molecule has 1 aromatic rings. The molecule has 3 aliphatic rings. The zero-order valence-corrected chi connectivity index (χ0v) is 18.0. The second-order valence-corrected chi connectivity index (χ2v) is 9.47. The lowest BCUT2D eigenvalue weighted by Gasteiger charge is -2.45. The summed E-state index contributed by atoms with van der Waals surface area (Å²) in [5.41, 5.74) is 1.62. The largest absolute Gasteiger partial charge is 0.343 e. The van der Waals surface area contributed by atoms with Gasteiger partial charge in [-0.05, 0) is 62.6 Å². The van der Waals surface area contributed by atoms with Gasteiger partial charge in [0.15, 0.2) is 0 Å². The number of amides is 2. The number of benzene rings is 1. The number of hydrogen-bond donors (Lipinski definition) is 0. The Morgan fingerprint density at radius 2 is 1.62 bits per heavy atom. The number of carbonyl (C=O) groups is 2. The lowest BCUT2D eigenvalue weighted by atomic mass is 9.75. The molecule has 3 heterocycles. The van der Waals surface area contributed by atoms with E-state index in [1.165, 1.54) is 18.4 Å². The molecule has 1 atom stereocenters. The molecule has 5 nitrogen and oxygen atoms in total. The van der Waals surface area contributed by atoms with Gasteiger partial charge in [0.2, 0.25) is 11.8 Å². The van der Waals surface area contributed by atoms with Crippen LogP contribution >= 0.6 is 0 Å². The van der Waals surface area contributed by atoms with Crippen molar-refractivity contribution in [1.82, 2.24) is 14.7 Å². The molecule has 3 fully saturated rings. The first kappa shape index (κ1) is 20.4. The standard InChI is InChI=1S/C24H35N3O2/c1-19(28)25-12-8-22(9-13-25)26-14-10-24(11-15-26)17-23(27(18-24)20(2)29)16-21-6-4-3-5-7-21/h3-7,22-23H,8-18H2,1-2H3. The first-order chi connectivity index (χ1) is 14.0. The third-order valence-corrected chi connectivity index (χ3v) is 7.62. The maximum Gasteiger partial charge on any atom is 0.219 e. The maximum atomic E-state index is 12.4. The van der Waals surface area contributed by atoms with Gasteiger partial charge in [-0.25, -0.2) is 0 Å². The first-order valence-corrected chi connectivity index (χ1v) is 11.3. The molecule has 29 heavy (non-hydrogen) atoms. The lowest BCUT2D eigenvalue weighted by molar-refractivity contribution is -0.131. The van der Waals surface area contributed by atoms with Crippen molar-refractivity contribution in [2.24, 2.45) is 5.41 Å². The summed E-state index contributed by atoms with van der Waals surface area (Å²) in [6, 6.07) is 11.5. The average molecular weight is 398 g/mol. The first-order valence-electron chi connectivity index (χ1n) is 11.3. The fourth-order valence-electron chi connectivity index (χ4n) is 5.87. The van der Waals surface area contributed by atoms with Crippen molar-refractivity contribution in [1.29, 1.82) is 0 Å². The van der Waals surface area contributed by atoms with Crippen LogP contribution in [-0.2, 0) is 16.0 Å². The highest BCUT2D eigenvalue weighted by atomic mass is 16.2. The molecule has 3 saturated heterocycles. The monoisotopic (exact) mass is 397 g/mol. The third kappa shape index (κ3) is 4.50. The van der Waals surface area contributed by atoms with Gasteiger partial charge in [0.25, 0.3) is 0 Å². The Bertz CT molecular complexity index is 719. The number of hydrogen-bond acceptors (Lipinski definition) is 3. The van der Waals surface area contributed by atoms with E-state index in [0.29, 0.717) is 17.5 Å². The van der Waals surface area contributed by atoms with Crippen LogP contribution < -0.4 is 0 Å². The molecule has 0 aliphatic carbocycles. The van der Waals surface area contributed by atoms with Crippen molar-refractivity contribution in [3.8, 4) is 0 Å². The molecular formula is C24H35N3O2. The zero-order valence-electron chi connectivity index (χ0n) is 18.0. The van der Waals surface area contributed by atoms with Crippen LogP contribution in [0.2, 0.25) is 0 Å². The van der Waals surface area contributed by atoms with Gasteiger partial charge in [0, 0.05) is 45.6 Å². The Labute approximate surface area is 175 Å². The van der Waals surface area contributed by atoms with Crippen molar-refractivity contribution in [3.05, 3.63) is 35.9 Å². The van der Waals surface area contributed by atoms with E-state index in [0.717, 1.165) is 58.4 Å². The van der Waals surface area contributed by atoms with Crippen LogP contribution in [0.15, 0.2) is 30.3 Å². The van der Waals surface area contributed by atoms with E-state index in [1.54, 1.807) is 13.8 Å². The second kappa shape index (κ2) is 8.47. The average Bonchev–Trinajstić information content (AvgIpc) is 3.07. The Morgan fingerprint density at radius 3 is 2.21 bits per heavy atom. The second-order valence-electron chi connectivity index (χ2n) is 9.47. The summed E-state index contributed by atoms with van der Waals surface area (Å²) < 4.78 is 0. The fourth-order valence-corrected chi connectivity index (χ4v) is 5.87. The minimum Gasteiger partial charge on any atom is -0.343 e. The van der Waals surface area contributed by atoms with Crippen molar-refractivity contribution < 1.29 is 9.59 Å². The Balaban J connectivity index is 1.35. The molecule has 3 aliphatic heterocycles. The van der Waals surface area contributed by atoms with Gasteiger partial charge < -0.3 is 14.7 Å². The van der Waals surface area contributed by atoms with Gasteiger partial charge in [0.05, 0.1) is 0 Å². The quantitative estimate of drug-likeness (QED) is 0.788. The van der Waals surface area contributed by atoms with Crippen molar-refractivity contribution in [3.63, 3.8) is 0 Å². The van der Waals surface area contributed by atoms with E-state index >= 15 is 0 Å². The SMILES string of the molecule is CC(=O)N1CCC(N2CCC3(CC2)CC(Cc2ccccc2)N(C(C)=O)C3)CC1. The Kier molecular flexibility index (Phi) is 5.95. The maximum absolute atomic E-state index is 12.4. The highest BCUT2D eigenvalue weighted by Gasteiger charge is 2.47. The van der Waals surface area contributed by atoms with Gasteiger partial charge in [-0.3, -0.25) is 9.59 Å². The molecule has 0 radical (unpaired) electrons. The summed E-state index contributed by atoms with van der Waals surface area (Å²) in [5, 5.41) is 0. The Morgan fingerprint density at radius 1 is 0.966 bits per heavy atom. The summed E-state index contributed by atoms with van der Waals surface area (Å²) >= 11 is 0. The molecular weight excluding hydrogens is 362 g/mol. The molecule has 1 spiro atoms. The molecule has 0 aromatic heterocycles. The van der Waals surface area contributed by atoms with Crippen LogP contribution in [0.5, 0.6) is 0 Å². The van der Waals surface area contributed by atoms with E-state index < -0.39 is 0 Å². The van der Waals surface area contributed by atoms with Crippen LogP contribution in [0.1, 0.15) is 51.5 Å². The molecule has 4 rings (SSSR count). The number of likely N-dealkylation sites (tertiary alicyclic amines) is 3. The number of rotatable bonds is 3. The van der Waals surface area contributed by atoms with Gasteiger partial charge in [-0.1, -0.05) is 30.3 Å². The molecule has 0 bridgehead atoms. The highest BCUT2D eigenvalue weighted by Crippen LogP contribution is 2.45. The highest BCUT2D eigenvalue weighted by molar-refractivity contribution is 5.74. The number of nitrogens with zero attached hydrogens (tertiary/aromatic N) is 3. The van der Waals surface area contributed by atoms with Gasteiger partial charge in [0.1, 0.15) is 0 Å². The van der Waals surface area contributed by atoms with Crippen LogP contribution in [0.25, 0.3) is 0 Å². The number of piperidine rings is 2. The van der Waals surface area contributed by atoms with Crippen LogP contribution in [0.4, 0.5) is 0 Å². The lowest BCUT2D eigenvalue weighted by Crippen LogP contribution is -2.50. The fraction of sp³-hybridized carbons (Fsp3) is 0.667. The topological polar surface area (TPSA) is 43.9 Å². The van der Waals surface area contributed by atoms with E-state index in [2.05, 4.69) is 40.1 Å². The van der Waals surface area contributed by atoms with E-state index in [1.807, 2.05) is 4.90 Å². The molecule has 158 valence electrons. The molecule has 0 saturated carbocycles. The molecule has 1 aromatic carbocycles. The summed E-state index contributed by atoms with van der Waals surface area (Å²) in [4.78, 5) is 30.7. The minimum absolute atomic E-state index is 0.209. The van der Waals surface area contributed by atoms with Gasteiger partial charge in [-0.15, -0.1) is 0 Å². The van der Waals surface area contributed by atoms with Gasteiger partial charge in [-0.2, -0.15) is 0 Å². The molecule has 1 unspecified atom stereocenters. The molecule has 5 heteroatoms. The number of carbonyl (C=O) groups excluding carboxylic acids is 2. The van der Waals surface area contributed by atoms with Crippen molar-refractivity contribution in [2.75, 3.05) is 32.7 Å². The van der Waals surface area contributed by atoms with E-state index in [4.69, 9.17) is 0 Å². The van der Waals surface area contributed by atoms with Crippen LogP contribution in [0, 0.1) is 5.41 Å². The van der Waals surface area contributed by atoms with E-state index in [-0.39, 0.29) is 11.8 Å². The van der Waals surface area contributed by atoms with Gasteiger partial charge >= 0.3 is 0 Å². The van der Waals surface area contributed by atoms with Crippen LogP contribution in [0.3, 0.4) is 0 Å². The predicted molar refractivity (Wildman–Crippen MR) is 114 cm³/mol. The predicted octanol–water partition coefficient (Wildman–Crippen LogP) is 2.94. The smallest absolute Gasteiger partial charge is 0.219 e. The van der Waals surface area contributed by atoms with E-state index in [9.17, 15) is 9.59 Å². The summed E-state index contributed by atoms with van der Waals surface area (Å²) in [6.07, 6.45) is 6.68. The minimum atomic E-state index is 0.209. The van der Waals surface area contributed by atoms with Crippen LogP contribution in [-0.4, -0.2) is 71.3 Å². The molecule has 2 amide bonds. The Hall–Kier alpha value is -1.88.